The lowest BCUT2D eigenvalue weighted by atomic mass is 10.0. The number of hydrogen-bond donors (Lipinski definition) is 1. The van der Waals surface area contributed by atoms with E-state index in [1.807, 2.05) is 0 Å². The summed E-state index contributed by atoms with van der Waals surface area (Å²) >= 11 is 0. The molecule has 0 aliphatic heterocycles. The van der Waals surface area contributed by atoms with Crippen molar-refractivity contribution in [2.24, 2.45) is 0 Å². The van der Waals surface area contributed by atoms with E-state index in [0.717, 1.165) is 25.0 Å². The van der Waals surface area contributed by atoms with E-state index in [4.69, 9.17) is 4.74 Å². The Morgan fingerprint density at radius 1 is 1.29 bits per heavy atom. The van der Waals surface area contributed by atoms with Crippen molar-refractivity contribution in [1.82, 2.24) is 14.9 Å². The van der Waals surface area contributed by atoms with E-state index in [0.29, 0.717) is 24.5 Å². The average molecular weight is 311 g/mol. The van der Waals surface area contributed by atoms with E-state index in [9.17, 15) is 13.2 Å². The lowest BCUT2D eigenvalue weighted by molar-refractivity contribution is 0.0974. The van der Waals surface area contributed by atoms with Crippen LogP contribution in [0.15, 0.2) is 6.07 Å². The molecule has 2 aliphatic rings. The number of methoxy groups -OCH3 is 1. The molecule has 3 rings (SSSR count). The van der Waals surface area contributed by atoms with Crippen LogP contribution in [-0.4, -0.2) is 36.9 Å². The summed E-state index contributed by atoms with van der Waals surface area (Å²) in [5.41, 5.74) is 0.690. The van der Waals surface area contributed by atoms with Crippen molar-refractivity contribution in [2.45, 2.75) is 43.3 Å². The summed E-state index contributed by atoms with van der Waals surface area (Å²) in [5, 5.41) is 7.37. The van der Waals surface area contributed by atoms with E-state index < -0.39 is 21.2 Å². The molecular formula is C13H17N3O4S. The van der Waals surface area contributed by atoms with Crippen LogP contribution in [0.2, 0.25) is 0 Å². The summed E-state index contributed by atoms with van der Waals surface area (Å²) in [5.74, 6) is 0.0667. The molecule has 0 radical (unpaired) electrons. The number of aromatic nitrogens is 2. The summed E-state index contributed by atoms with van der Waals surface area (Å²) < 4.78 is 31.1. The van der Waals surface area contributed by atoms with Crippen LogP contribution in [-0.2, 0) is 10.0 Å². The zero-order valence-corrected chi connectivity index (χ0v) is 12.5. The highest BCUT2D eigenvalue weighted by Crippen LogP contribution is 2.42. The van der Waals surface area contributed by atoms with Crippen molar-refractivity contribution in [1.29, 1.82) is 0 Å². The molecule has 21 heavy (non-hydrogen) atoms. The fourth-order valence-corrected chi connectivity index (χ4v) is 3.73. The molecule has 114 valence electrons. The summed E-state index contributed by atoms with van der Waals surface area (Å²) in [6.07, 6.45) is 4.14. The largest absolute Gasteiger partial charge is 0.495 e. The predicted octanol–water partition coefficient (Wildman–Crippen LogP) is 0.975. The summed E-state index contributed by atoms with van der Waals surface area (Å²) in [6.45, 7) is 0. The van der Waals surface area contributed by atoms with Crippen molar-refractivity contribution in [3.63, 3.8) is 0 Å². The Labute approximate surface area is 123 Å². The van der Waals surface area contributed by atoms with Gasteiger partial charge in [-0.3, -0.25) is 4.79 Å². The van der Waals surface area contributed by atoms with Gasteiger partial charge in [0.1, 0.15) is 11.4 Å². The van der Waals surface area contributed by atoms with Crippen molar-refractivity contribution in [2.75, 3.05) is 7.11 Å². The molecule has 2 fully saturated rings. The van der Waals surface area contributed by atoms with Gasteiger partial charge >= 0.3 is 0 Å². The molecule has 1 aromatic rings. The SMILES string of the molecule is COc1cc(C(=O)NS(=O)(=O)C2CCC2)nnc1C1CC1. The number of carbonyl (C=O) groups is 1. The van der Waals surface area contributed by atoms with E-state index in [2.05, 4.69) is 14.9 Å². The van der Waals surface area contributed by atoms with Crippen LogP contribution in [0.4, 0.5) is 0 Å². The first-order valence-electron chi connectivity index (χ1n) is 6.99. The molecule has 0 aromatic carbocycles. The van der Waals surface area contributed by atoms with Crippen molar-refractivity contribution < 1.29 is 17.9 Å². The van der Waals surface area contributed by atoms with Crippen molar-refractivity contribution in [3.05, 3.63) is 17.5 Å². The minimum atomic E-state index is -3.61. The fourth-order valence-electron chi connectivity index (χ4n) is 2.24. The van der Waals surface area contributed by atoms with E-state index in [1.54, 1.807) is 0 Å². The third-order valence-corrected chi connectivity index (χ3v) is 5.75. The maximum absolute atomic E-state index is 12.0. The van der Waals surface area contributed by atoms with E-state index in [-0.39, 0.29) is 5.69 Å². The van der Waals surface area contributed by atoms with Crippen LogP contribution in [0, 0.1) is 0 Å². The summed E-state index contributed by atoms with van der Waals surface area (Å²) in [4.78, 5) is 12.0. The Morgan fingerprint density at radius 3 is 2.52 bits per heavy atom. The van der Waals surface area contributed by atoms with Crippen LogP contribution in [0.25, 0.3) is 0 Å². The van der Waals surface area contributed by atoms with Crippen LogP contribution >= 0.6 is 0 Å². The molecule has 7 nitrogen and oxygen atoms in total. The van der Waals surface area contributed by atoms with E-state index >= 15 is 0 Å². The number of rotatable bonds is 5. The summed E-state index contributed by atoms with van der Waals surface area (Å²) in [6, 6.07) is 1.45. The molecular weight excluding hydrogens is 294 g/mol. The van der Waals surface area contributed by atoms with Gasteiger partial charge in [-0.2, -0.15) is 5.10 Å². The first kappa shape index (κ1) is 14.2. The van der Waals surface area contributed by atoms with E-state index in [1.165, 1.54) is 13.2 Å². The molecule has 2 saturated carbocycles. The lowest BCUT2D eigenvalue weighted by Gasteiger charge is -2.24. The second-order valence-corrected chi connectivity index (χ2v) is 7.45. The third-order valence-electron chi connectivity index (χ3n) is 3.93. The van der Waals surface area contributed by atoms with Gasteiger partial charge in [-0.1, -0.05) is 6.42 Å². The highest BCUT2D eigenvalue weighted by molar-refractivity contribution is 7.90. The van der Waals surface area contributed by atoms with Crippen LogP contribution in [0.1, 0.15) is 54.2 Å². The van der Waals surface area contributed by atoms with Gasteiger partial charge in [-0.15, -0.1) is 5.10 Å². The molecule has 1 heterocycles. The zero-order chi connectivity index (χ0) is 15.0. The van der Waals surface area contributed by atoms with Gasteiger partial charge < -0.3 is 4.74 Å². The van der Waals surface area contributed by atoms with Crippen LogP contribution in [0.3, 0.4) is 0 Å². The van der Waals surface area contributed by atoms with Gasteiger partial charge in [0.15, 0.2) is 5.69 Å². The topological polar surface area (TPSA) is 98.2 Å². The molecule has 8 heteroatoms. The number of nitrogens with zero attached hydrogens (tertiary/aromatic N) is 2. The quantitative estimate of drug-likeness (QED) is 0.870. The number of nitrogens with one attached hydrogen (secondary N) is 1. The molecule has 0 unspecified atom stereocenters. The maximum Gasteiger partial charge on any atom is 0.285 e. The Hall–Kier alpha value is -1.70. The molecule has 1 N–H and O–H groups in total. The number of carbonyl (C=O) groups excluding carboxylic acids is 1. The van der Waals surface area contributed by atoms with Gasteiger partial charge in [0.2, 0.25) is 10.0 Å². The van der Waals surface area contributed by atoms with Gasteiger partial charge in [-0.05, 0) is 25.7 Å². The Morgan fingerprint density at radius 2 is 2.00 bits per heavy atom. The molecule has 0 bridgehead atoms. The number of amides is 1. The van der Waals surface area contributed by atoms with Crippen LogP contribution < -0.4 is 9.46 Å². The van der Waals surface area contributed by atoms with Gasteiger partial charge in [0.05, 0.1) is 12.4 Å². The van der Waals surface area contributed by atoms with Gasteiger partial charge in [0, 0.05) is 12.0 Å². The highest BCUT2D eigenvalue weighted by Gasteiger charge is 2.34. The zero-order valence-electron chi connectivity index (χ0n) is 11.7. The fraction of sp³-hybridized carbons (Fsp3) is 0.615. The smallest absolute Gasteiger partial charge is 0.285 e. The third kappa shape index (κ3) is 2.85. The molecule has 0 atom stereocenters. The number of hydrogen-bond acceptors (Lipinski definition) is 6. The minimum absolute atomic E-state index is 0.0425. The van der Waals surface area contributed by atoms with Crippen LogP contribution in [0.5, 0.6) is 5.75 Å². The minimum Gasteiger partial charge on any atom is -0.495 e. The molecule has 1 amide bonds. The Bertz CT molecular complexity index is 666. The lowest BCUT2D eigenvalue weighted by Crippen LogP contribution is -2.41. The standard InChI is InChI=1S/C13H17N3O4S/c1-20-11-7-10(14-15-12(11)8-5-6-8)13(17)16-21(18,19)9-3-2-4-9/h7-9H,2-6H2,1H3,(H,16,17). The first-order chi connectivity index (χ1) is 10.0. The molecule has 0 spiro atoms. The highest BCUT2D eigenvalue weighted by atomic mass is 32.2. The second kappa shape index (κ2) is 5.25. The van der Waals surface area contributed by atoms with Gasteiger partial charge in [-0.25, -0.2) is 13.1 Å². The normalized spacial score (nSPS) is 18.9. The van der Waals surface area contributed by atoms with Crippen molar-refractivity contribution >= 4 is 15.9 Å². The number of sulfonamides is 1. The average Bonchev–Trinajstić information content (AvgIpc) is 3.18. The predicted molar refractivity (Wildman–Crippen MR) is 74.6 cm³/mol. The first-order valence-corrected chi connectivity index (χ1v) is 8.53. The van der Waals surface area contributed by atoms with Crippen molar-refractivity contribution in [3.8, 4) is 5.75 Å². The summed E-state index contributed by atoms with van der Waals surface area (Å²) in [7, 11) is -2.12. The number of ether oxygens (including phenoxy) is 1. The molecule has 0 saturated heterocycles. The Kier molecular flexibility index (Phi) is 3.56. The molecule has 2 aliphatic carbocycles. The van der Waals surface area contributed by atoms with Gasteiger partial charge in [0.25, 0.3) is 5.91 Å². The maximum atomic E-state index is 12.0. The molecule has 1 aromatic heterocycles. The monoisotopic (exact) mass is 311 g/mol. The second-order valence-electron chi connectivity index (χ2n) is 5.49. The Balaban J connectivity index is 1.78.